The Morgan fingerprint density at radius 2 is 1.86 bits per heavy atom. The van der Waals surface area contributed by atoms with Gasteiger partial charge in [0.25, 0.3) is 5.56 Å². The highest BCUT2D eigenvalue weighted by molar-refractivity contribution is 5.57. The Morgan fingerprint density at radius 3 is 2.57 bits per heavy atom. The Balaban J connectivity index is 1.63. The lowest BCUT2D eigenvalue weighted by molar-refractivity contribution is 0.411. The van der Waals surface area contributed by atoms with E-state index in [1.807, 2.05) is 37.5 Å². The number of hydrogen-bond acceptors (Lipinski definition) is 6. The van der Waals surface area contributed by atoms with Crippen molar-refractivity contribution in [1.82, 2.24) is 29.5 Å². The zero-order chi connectivity index (χ0) is 19.5. The summed E-state index contributed by atoms with van der Waals surface area (Å²) in [5.74, 6) is 1.19. The molecule has 0 N–H and O–H groups in total. The summed E-state index contributed by atoms with van der Waals surface area (Å²) in [6, 6.07) is 11.0. The molecule has 0 aliphatic heterocycles. The SMILES string of the molecule is COc1cnc(-c2cccc(Cn3nc(-c4cnn(C)c4)ccc3=O)c2)nc1. The van der Waals surface area contributed by atoms with Crippen molar-refractivity contribution in [2.24, 2.45) is 7.05 Å². The second kappa shape index (κ2) is 7.43. The lowest BCUT2D eigenvalue weighted by Crippen LogP contribution is -2.22. The molecule has 1 aromatic carbocycles. The molecule has 0 unspecified atom stereocenters. The van der Waals surface area contributed by atoms with Gasteiger partial charge in [0.15, 0.2) is 11.6 Å². The first-order valence-electron chi connectivity index (χ1n) is 8.65. The zero-order valence-electron chi connectivity index (χ0n) is 15.5. The first kappa shape index (κ1) is 17.6. The van der Waals surface area contributed by atoms with Crippen LogP contribution in [0.15, 0.2) is 66.0 Å². The van der Waals surface area contributed by atoms with Crippen LogP contribution in [0, 0.1) is 0 Å². The minimum Gasteiger partial charge on any atom is -0.494 e. The average Bonchev–Trinajstić information content (AvgIpc) is 3.16. The van der Waals surface area contributed by atoms with Crippen LogP contribution < -0.4 is 10.3 Å². The predicted molar refractivity (Wildman–Crippen MR) is 104 cm³/mol. The van der Waals surface area contributed by atoms with Crippen LogP contribution in [-0.4, -0.2) is 36.6 Å². The topological polar surface area (TPSA) is 87.7 Å². The number of methoxy groups -OCH3 is 1. The van der Waals surface area contributed by atoms with E-state index < -0.39 is 0 Å². The standard InChI is InChI=1S/C20H18N6O2/c1-25-13-16(9-23-25)18-6-7-19(27)26(24-18)12-14-4-3-5-15(8-14)20-21-10-17(28-2)11-22-20/h3-11,13H,12H2,1-2H3. The molecule has 0 aliphatic carbocycles. The van der Waals surface area contributed by atoms with Crippen LogP contribution in [0.5, 0.6) is 5.75 Å². The molecule has 28 heavy (non-hydrogen) atoms. The molecular weight excluding hydrogens is 356 g/mol. The summed E-state index contributed by atoms with van der Waals surface area (Å²) in [6.07, 6.45) is 6.83. The van der Waals surface area contributed by atoms with Crippen LogP contribution in [-0.2, 0) is 13.6 Å². The third kappa shape index (κ3) is 3.66. The van der Waals surface area contributed by atoms with Crippen molar-refractivity contribution in [2.75, 3.05) is 7.11 Å². The fourth-order valence-corrected chi connectivity index (χ4v) is 2.82. The van der Waals surface area contributed by atoms with Crippen molar-refractivity contribution in [3.05, 3.63) is 77.1 Å². The van der Waals surface area contributed by atoms with E-state index in [0.29, 0.717) is 23.8 Å². The van der Waals surface area contributed by atoms with Gasteiger partial charge in [0.05, 0.1) is 37.9 Å². The number of rotatable bonds is 5. The van der Waals surface area contributed by atoms with Gasteiger partial charge in [-0.2, -0.15) is 10.2 Å². The summed E-state index contributed by atoms with van der Waals surface area (Å²) in [6.45, 7) is 0.344. The summed E-state index contributed by atoms with van der Waals surface area (Å²) in [5, 5.41) is 8.63. The van der Waals surface area contributed by atoms with E-state index in [1.54, 1.807) is 36.4 Å². The molecule has 0 spiro atoms. The van der Waals surface area contributed by atoms with Crippen molar-refractivity contribution >= 4 is 0 Å². The Labute approximate surface area is 161 Å². The van der Waals surface area contributed by atoms with Gasteiger partial charge in [0.1, 0.15) is 0 Å². The lowest BCUT2D eigenvalue weighted by atomic mass is 10.1. The molecular formula is C20H18N6O2. The van der Waals surface area contributed by atoms with Gasteiger partial charge in [-0.15, -0.1) is 0 Å². The minimum absolute atomic E-state index is 0.168. The molecule has 8 nitrogen and oxygen atoms in total. The Kier molecular flexibility index (Phi) is 4.67. The summed E-state index contributed by atoms with van der Waals surface area (Å²) in [4.78, 5) is 20.9. The molecule has 0 saturated heterocycles. The number of aryl methyl sites for hydroxylation is 1. The van der Waals surface area contributed by atoms with Crippen LogP contribution >= 0.6 is 0 Å². The third-order valence-corrected chi connectivity index (χ3v) is 4.25. The molecule has 0 fully saturated rings. The summed E-state index contributed by atoms with van der Waals surface area (Å²) in [5.41, 5.74) is 3.17. The second-order valence-electron chi connectivity index (χ2n) is 6.26. The third-order valence-electron chi connectivity index (χ3n) is 4.25. The van der Waals surface area contributed by atoms with Crippen molar-refractivity contribution in [1.29, 1.82) is 0 Å². The van der Waals surface area contributed by atoms with Crippen molar-refractivity contribution in [2.45, 2.75) is 6.54 Å². The molecule has 4 aromatic rings. The van der Waals surface area contributed by atoms with Crippen molar-refractivity contribution < 1.29 is 4.74 Å². The molecule has 0 aliphatic rings. The van der Waals surface area contributed by atoms with Crippen molar-refractivity contribution in [3.63, 3.8) is 0 Å². The molecule has 8 heteroatoms. The molecule has 4 rings (SSSR count). The molecule has 0 radical (unpaired) electrons. The monoisotopic (exact) mass is 374 g/mol. The zero-order valence-corrected chi connectivity index (χ0v) is 15.5. The molecule has 0 amide bonds. The van der Waals surface area contributed by atoms with Crippen LogP contribution in [0.1, 0.15) is 5.56 Å². The van der Waals surface area contributed by atoms with Gasteiger partial charge < -0.3 is 4.74 Å². The van der Waals surface area contributed by atoms with Crippen LogP contribution in [0.4, 0.5) is 0 Å². The molecule has 0 bridgehead atoms. The predicted octanol–water partition coefficient (Wildman–Crippen LogP) is 2.16. The van der Waals surface area contributed by atoms with Gasteiger partial charge in [0, 0.05) is 30.4 Å². The lowest BCUT2D eigenvalue weighted by Gasteiger charge is -2.08. The van der Waals surface area contributed by atoms with Crippen LogP contribution in [0.2, 0.25) is 0 Å². The van der Waals surface area contributed by atoms with Crippen LogP contribution in [0.3, 0.4) is 0 Å². The Morgan fingerprint density at radius 1 is 1.04 bits per heavy atom. The van der Waals surface area contributed by atoms with E-state index in [2.05, 4.69) is 20.2 Å². The molecule has 3 aromatic heterocycles. The summed E-state index contributed by atoms with van der Waals surface area (Å²) in [7, 11) is 3.41. The van der Waals surface area contributed by atoms with E-state index >= 15 is 0 Å². The van der Waals surface area contributed by atoms with E-state index in [0.717, 1.165) is 16.7 Å². The van der Waals surface area contributed by atoms with Gasteiger partial charge in [-0.05, 0) is 17.7 Å². The smallest absolute Gasteiger partial charge is 0.267 e. The van der Waals surface area contributed by atoms with E-state index in [-0.39, 0.29) is 5.56 Å². The average molecular weight is 374 g/mol. The van der Waals surface area contributed by atoms with Crippen molar-refractivity contribution in [3.8, 4) is 28.4 Å². The summed E-state index contributed by atoms with van der Waals surface area (Å²) >= 11 is 0. The van der Waals surface area contributed by atoms with E-state index in [4.69, 9.17) is 4.74 Å². The van der Waals surface area contributed by atoms with Gasteiger partial charge in [0.2, 0.25) is 0 Å². The molecule has 3 heterocycles. The molecule has 0 atom stereocenters. The van der Waals surface area contributed by atoms with Gasteiger partial charge in [-0.25, -0.2) is 14.6 Å². The van der Waals surface area contributed by atoms with Crippen LogP contribution in [0.25, 0.3) is 22.6 Å². The maximum absolute atomic E-state index is 12.3. The quantitative estimate of drug-likeness (QED) is 0.532. The fourth-order valence-electron chi connectivity index (χ4n) is 2.82. The first-order valence-corrected chi connectivity index (χ1v) is 8.65. The number of ether oxygens (including phenoxy) is 1. The maximum Gasteiger partial charge on any atom is 0.267 e. The molecule has 0 saturated carbocycles. The van der Waals surface area contributed by atoms with E-state index in [1.165, 1.54) is 10.7 Å². The number of aromatic nitrogens is 6. The Hall–Kier alpha value is -3.81. The summed E-state index contributed by atoms with van der Waals surface area (Å²) < 4.78 is 8.23. The fraction of sp³-hybridized carbons (Fsp3) is 0.150. The highest BCUT2D eigenvalue weighted by Crippen LogP contribution is 2.19. The van der Waals surface area contributed by atoms with Gasteiger partial charge in [-0.3, -0.25) is 9.48 Å². The Bertz CT molecular complexity index is 1160. The highest BCUT2D eigenvalue weighted by Gasteiger charge is 2.08. The highest BCUT2D eigenvalue weighted by atomic mass is 16.5. The normalized spacial score (nSPS) is 10.8. The second-order valence-corrected chi connectivity index (χ2v) is 6.26. The van der Waals surface area contributed by atoms with E-state index in [9.17, 15) is 4.79 Å². The maximum atomic E-state index is 12.3. The molecule has 140 valence electrons. The largest absolute Gasteiger partial charge is 0.494 e. The van der Waals surface area contributed by atoms with Gasteiger partial charge >= 0.3 is 0 Å². The number of nitrogens with zero attached hydrogens (tertiary/aromatic N) is 6. The van der Waals surface area contributed by atoms with Gasteiger partial charge in [-0.1, -0.05) is 18.2 Å². The minimum atomic E-state index is -0.168. The first-order chi connectivity index (χ1) is 13.6. The number of hydrogen-bond donors (Lipinski definition) is 0. The number of benzene rings is 1.